The molecule has 1 saturated heterocycles. The van der Waals surface area contributed by atoms with Crippen LogP contribution < -0.4 is 0 Å². The summed E-state index contributed by atoms with van der Waals surface area (Å²) in [6.45, 7) is 6.22. The van der Waals surface area contributed by atoms with Crippen LogP contribution in [-0.4, -0.2) is 61.1 Å². The number of amides is 1. The van der Waals surface area contributed by atoms with Gasteiger partial charge in [-0.15, -0.1) is 0 Å². The monoisotopic (exact) mass is 387 g/mol. The lowest BCUT2D eigenvalue weighted by molar-refractivity contribution is -0.0777. The van der Waals surface area contributed by atoms with Gasteiger partial charge in [0.25, 0.3) is 9.84 Å². The van der Waals surface area contributed by atoms with E-state index in [1.807, 2.05) is 0 Å². The van der Waals surface area contributed by atoms with Gasteiger partial charge in [0, 0.05) is 13.1 Å². The number of hydrogen-bond acceptors (Lipinski definition) is 5. The van der Waals surface area contributed by atoms with Crippen molar-refractivity contribution in [2.75, 3.05) is 13.1 Å². The van der Waals surface area contributed by atoms with Crippen LogP contribution in [0.3, 0.4) is 0 Å². The van der Waals surface area contributed by atoms with Gasteiger partial charge < -0.3 is 14.4 Å². The summed E-state index contributed by atoms with van der Waals surface area (Å²) < 4.78 is 70.8. The van der Waals surface area contributed by atoms with Gasteiger partial charge in [0.05, 0.1) is 17.5 Å². The first-order valence-electron chi connectivity index (χ1n) is 8.23. The minimum Gasteiger partial charge on any atom is -0.444 e. The first-order chi connectivity index (χ1) is 11.3. The predicted molar refractivity (Wildman–Crippen MR) is 83.7 cm³/mol. The molecule has 25 heavy (non-hydrogen) atoms. The highest BCUT2D eigenvalue weighted by atomic mass is 32.2. The Morgan fingerprint density at radius 2 is 1.56 bits per heavy atom. The third-order valence-corrected chi connectivity index (χ3v) is 6.20. The molecule has 0 N–H and O–H groups in total. The molecule has 10 heteroatoms. The Morgan fingerprint density at radius 1 is 1.04 bits per heavy atom. The Hall–Kier alpha value is -1.03. The molecule has 2 rings (SSSR count). The molecule has 0 aromatic rings. The van der Waals surface area contributed by atoms with Crippen LogP contribution in [0.1, 0.15) is 46.5 Å². The van der Waals surface area contributed by atoms with Crippen LogP contribution in [-0.2, 0) is 19.3 Å². The van der Waals surface area contributed by atoms with Crippen molar-refractivity contribution in [2.45, 2.75) is 75.0 Å². The van der Waals surface area contributed by atoms with E-state index in [1.165, 1.54) is 0 Å². The molecular weight excluding hydrogens is 363 g/mol. The van der Waals surface area contributed by atoms with Gasteiger partial charge in [-0.2, -0.15) is 13.2 Å². The molecule has 1 aliphatic heterocycles. The van der Waals surface area contributed by atoms with Crippen LogP contribution in [0.4, 0.5) is 18.0 Å². The summed E-state index contributed by atoms with van der Waals surface area (Å²) in [5.74, 6) is 0. The Labute approximate surface area is 145 Å². The van der Waals surface area contributed by atoms with Gasteiger partial charge in [-0.25, -0.2) is 13.2 Å². The minimum absolute atomic E-state index is 0.131. The first kappa shape index (κ1) is 20.3. The lowest BCUT2D eigenvalue weighted by Crippen LogP contribution is -2.49. The fraction of sp³-hybridized carbons (Fsp3) is 0.933. The van der Waals surface area contributed by atoms with Crippen LogP contribution in [0.2, 0.25) is 0 Å². The Morgan fingerprint density at radius 3 is 2.00 bits per heavy atom. The lowest BCUT2D eigenvalue weighted by Gasteiger charge is -2.39. The van der Waals surface area contributed by atoms with Crippen LogP contribution >= 0.6 is 0 Å². The number of hydrogen-bond donors (Lipinski definition) is 0. The van der Waals surface area contributed by atoms with Crippen molar-refractivity contribution in [1.29, 1.82) is 0 Å². The highest BCUT2D eigenvalue weighted by molar-refractivity contribution is 7.92. The number of carbonyl (C=O) groups excluding carboxylic acids is 1. The van der Waals surface area contributed by atoms with E-state index in [-0.39, 0.29) is 18.9 Å². The first-order valence-corrected chi connectivity index (χ1v) is 9.78. The number of rotatable bonds is 3. The number of likely N-dealkylation sites (tertiary alicyclic amines) is 1. The Balaban J connectivity index is 1.73. The zero-order chi connectivity index (χ0) is 19.0. The molecule has 0 radical (unpaired) electrons. The van der Waals surface area contributed by atoms with E-state index >= 15 is 0 Å². The predicted octanol–water partition coefficient (Wildman–Crippen LogP) is 2.87. The second kappa shape index (κ2) is 6.94. The molecule has 1 saturated carbocycles. The number of carbonyl (C=O) groups is 1. The fourth-order valence-electron chi connectivity index (χ4n) is 2.84. The third-order valence-electron chi connectivity index (χ3n) is 4.29. The summed E-state index contributed by atoms with van der Waals surface area (Å²) in [4.78, 5) is 13.5. The number of halogens is 3. The molecular formula is C15H24F3NO5S. The molecule has 0 unspecified atom stereocenters. The second-order valence-electron chi connectivity index (χ2n) is 7.51. The standard InChI is InChI=1S/C15H24F3NO5S/c1-14(2,3)24-13(20)19-6-4-10(5-7-19)23-11-8-12(9-11)25(21,22)15(16,17)18/h10-12H,4-9H2,1-3H3. The summed E-state index contributed by atoms with van der Waals surface area (Å²) in [5, 5.41) is -1.40. The average Bonchev–Trinajstić information content (AvgIpc) is 2.39. The van der Waals surface area contributed by atoms with Crippen molar-refractivity contribution in [1.82, 2.24) is 4.90 Å². The van der Waals surface area contributed by atoms with Crippen LogP contribution in [0.25, 0.3) is 0 Å². The van der Waals surface area contributed by atoms with Crippen molar-refractivity contribution in [3.63, 3.8) is 0 Å². The Kier molecular flexibility index (Phi) is 5.63. The van der Waals surface area contributed by atoms with Gasteiger partial charge in [0.2, 0.25) is 0 Å². The SMILES string of the molecule is CC(C)(C)OC(=O)N1CCC(OC2CC(S(=O)(=O)C(F)(F)F)C2)CC1. The van der Waals surface area contributed by atoms with E-state index in [0.717, 1.165) is 0 Å². The quantitative estimate of drug-likeness (QED) is 0.745. The van der Waals surface area contributed by atoms with Gasteiger partial charge in [-0.1, -0.05) is 0 Å². The molecule has 0 bridgehead atoms. The highest BCUT2D eigenvalue weighted by Gasteiger charge is 2.55. The highest BCUT2D eigenvalue weighted by Crippen LogP contribution is 2.39. The fourth-order valence-corrected chi connectivity index (χ4v) is 4.16. The molecule has 1 aliphatic carbocycles. The van der Waals surface area contributed by atoms with Crippen LogP contribution in [0.5, 0.6) is 0 Å². The molecule has 0 atom stereocenters. The van der Waals surface area contributed by atoms with E-state index in [2.05, 4.69) is 0 Å². The molecule has 0 aromatic carbocycles. The van der Waals surface area contributed by atoms with Crippen molar-refractivity contribution in [2.24, 2.45) is 0 Å². The zero-order valence-corrected chi connectivity index (χ0v) is 15.3. The van der Waals surface area contributed by atoms with Gasteiger partial charge in [-0.05, 0) is 46.5 Å². The summed E-state index contributed by atoms with van der Waals surface area (Å²) in [6.07, 6.45) is -0.217. The smallest absolute Gasteiger partial charge is 0.444 e. The lowest BCUT2D eigenvalue weighted by atomic mass is 9.94. The molecule has 1 amide bonds. The number of nitrogens with zero attached hydrogens (tertiary/aromatic N) is 1. The minimum atomic E-state index is -5.21. The van der Waals surface area contributed by atoms with Gasteiger partial charge >= 0.3 is 11.6 Å². The van der Waals surface area contributed by atoms with E-state index in [9.17, 15) is 26.4 Å². The zero-order valence-electron chi connectivity index (χ0n) is 14.5. The van der Waals surface area contributed by atoms with Crippen molar-refractivity contribution in [3.8, 4) is 0 Å². The van der Waals surface area contributed by atoms with Crippen LogP contribution in [0.15, 0.2) is 0 Å². The number of sulfone groups is 1. The summed E-state index contributed by atoms with van der Waals surface area (Å²) in [6, 6.07) is 0. The number of piperidine rings is 1. The summed E-state index contributed by atoms with van der Waals surface area (Å²) in [5.41, 5.74) is -5.78. The normalized spacial score (nSPS) is 26.2. The molecule has 146 valence electrons. The summed E-state index contributed by atoms with van der Waals surface area (Å²) >= 11 is 0. The molecule has 2 fully saturated rings. The molecule has 6 nitrogen and oxygen atoms in total. The summed E-state index contributed by atoms with van der Waals surface area (Å²) in [7, 11) is -5.10. The largest absolute Gasteiger partial charge is 0.497 e. The maximum absolute atomic E-state index is 12.4. The van der Waals surface area contributed by atoms with E-state index < -0.39 is 38.4 Å². The average molecular weight is 387 g/mol. The van der Waals surface area contributed by atoms with Crippen molar-refractivity contribution >= 4 is 15.9 Å². The van der Waals surface area contributed by atoms with Gasteiger partial charge in [0.1, 0.15) is 5.60 Å². The number of alkyl halides is 3. The van der Waals surface area contributed by atoms with E-state index in [4.69, 9.17) is 9.47 Å². The van der Waals surface area contributed by atoms with Crippen LogP contribution in [0, 0.1) is 0 Å². The maximum Gasteiger partial charge on any atom is 0.497 e. The van der Waals surface area contributed by atoms with Gasteiger partial charge in [0.15, 0.2) is 0 Å². The second-order valence-corrected chi connectivity index (χ2v) is 9.73. The third kappa shape index (κ3) is 4.99. The molecule has 1 heterocycles. The van der Waals surface area contributed by atoms with Gasteiger partial charge in [-0.3, -0.25) is 0 Å². The van der Waals surface area contributed by atoms with Crippen molar-refractivity contribution in [3.05, 3.63) is 0 Å². The molecule has 2 aliphatic rings. The maximum atomic E-state index is 12.4. The molecule has 0 aromatic heterocycles. The molecule has 0 spiro atoms. The van der Waals surface area contributed by atoms with Crippen molar-refractivity contribution < 1.29 is 35.9 Å². The number of ether oxygens (including phenoxy) is 2. The topological polar surface area (TPSA) is 72.9 Å². The van der Waals surface area contributed by atoms with E-state index in [0.29, 0.717) is 25.9 Å². The Bertz CT molecular complexity index is 585. The van der Waals surface area contributed by atoms with E-state index in [1.54, 1.807) is 25.7 Å².